The highest BCUT2D eigenvalue weighted by Gasteiger charge is 2.12. The summed E-state index contributed by atoms with van der Waals surface area (Å²) in [5.41, 5.74) is 7.07. The van der Waals surface area contributed by atoms with Gasteiger partial charge in [-0.25, -0.2) is 0 Å². The predicted molar refractivity (Wildman–Crippen MR) is 70.3 cm³/mol. The second-order valence-electron chi connectivity index (χ2n) is 4.44. The second kappa shape index (κ2) is 7.30. The van der Waals surface area contributed by atoms with Crippen LogP contribution in [-0.4, -0.2) is 26.9 Å². The maximum absolute atomic E-state index is 5.81. The lowest BCUT2D eigenvalue weighted by atomic mass is 9.94. The third kappa shape index (κ3) is 4.75. The third-order valence-electron chi connectivity index (χ3n) is 3.06. The topological polar surface area (TPSA) is 44.5 Å². The van der Waals surface area contributed by atoms with E-state index in [9.17, 15) is 0 Å². The molecular formula is C14H23NO2. The summed E-state index contributed by atoms with van der Waals surface area (Å²) < 4.78 is 10.5. The largest absolute Gasteiger partial charge is 0.497 e. The molecule has 0 saturated heterocycles. The fraction of sp³-hybridized carbons (Fsp3) is 0.571. The van der Waals surface area contributed by atoms with Crippen molar-refractivity contribution in [2.24, 2.45) is 11.7 Å². The van der Waals surface area contributed by atoms with Crippen LogP contribution in [0.25, 0.3) is 0 Å². The van der Waals surface area contributed by atoms with Crippen LogP contribution in [0.4, 0.5) is 0 Å². The Morgan fingerprint density at radius 2 is 2.06 bits per heavy atom. The van der Waals surface area contributed by atoms with Crippen LogP contribution in [-0.2, 0) is 11.2 Å². The smallest absolute Gasteiger partial charge is 0.119 e. The molecule has 0 aliphatic carbocycles. The van der Waals surface area contributed by atoms with Gasteiger partial charge < -0.3 is 15.2 Å². The second-order valence-corrected chi connectivity index (χ2v) is 4.44. The van der Waals surface area contributed by atoms with E-state index in [-0.39, 0.29) is 6.10 Å². The number of hydrogen-bond acceptors (Lipinski definition) is 3. The summed E-state index contributed by atoms with van der Waals surface area (Å²) in [4.78, 5) is 0. The fourth-order valence-corrected chi connectivity index (χ4v) is 1.96. The minimum atomic E-state index is 0.258. The van der Waals surface area contributed by atoms with Gasteiger partial charge in [-0.3, -0.25) is 0 Å². The molecule has 0 fully saturated rings. The highest BCUT2D eigenvalue weighted by atomic mass is 16.5. The third-order valence-corrected chi connectivity index (χ3v) is 3.06. The lowest BCUT2D eigenvalue weighted by molar-refractivity contribution is 0.0959. The molecule has 0 bridgehead atoms. The van der Waals surface area contributed by atoms with Gasteiger partial charge in [0.1, 0.15) is 5.75 Å². The summed E-state index contributed by atoms with van der Waals surface area (Å²) in [5, 5.41) is 0. The van der Waals surface area contributed by atoms with Crippen LogP contribution in [0.5, 0.6) is 5.75 Å². The molecule has 0 aliphatic heterocycles. The maximum atomic E-state index is 5.81. The van der Waals surface area contributed by atoms with Crippen LogP contribution in [0.15, 0.2) is 24.3 Å². The van der Waals surface area contributed by atoms with Gasteiger partial charge in [0.2, 0.25) is 0 Å². The van der Waals surface area contributed by atoms with Crippen molar-refractivity contribution in [1.82, 2.24) is 0 Å². The number of benzene rings is 1. The van der Waals surface area contributed by atoms with Crippen molar-refractivity contribution in [2.45, 2.75) is 25.9 Å². The summed E-state index contributed by atoms with van der Waals surface area (Å²) in [6, 6.07) is 8.16. The van der Waals surface area contributed by atoms with E-state index in [0.29, 0.717) is 12.5 Å². The molecular weight excluding hydrogens is 214 g/mol. The molecule has 0 heterocycles. The first-order valence-corrected chi connectivity index (χ1v) is 6.05. The first-order chi connectivity index (χ1) is 8.19. The summed E-state index contributed by atoms with van der Waals surface area (Å²) in [6.07, 6.45) is 2.22. The van der Waals surface area contributed by atoms with Crippen LogP contribution < -0.4 is 10.5 Å². The van der Waals surface area contributed by atoms with Gasteiger partial charge in [-0.15, -0.1) is 0 Å². The lowest BCUT2D eigenvalue weighted by Gasteiger charge is -2.18. The molecule has 0 amide bonds. The van der Waals surface area contributed by atoms with E-state index in [1.165, 1.54) is 5.56 Å². The number of hydrogen-bond donors (Lipinski definition) is 1. The summed E-state index contributed by atoms with van der Waals surface area (Å²) >= 11 is 0. The van der Waals surface area contributed by atoms with Gasteiger partial charge in [0.25, 0.3) is 0 Å². The van der Waals surface area contributed by atoms with Crippen LogP contribution in [0.1, 0.15) is 18.9 Å². The Hall–Kier alpha value is -1.06. The standard InChI is InChI=1S/C14H23NO2/c1-11(16-2)7-13(10-15)8-12-5-4-6-14(9-12)17-3/h4-6,9,11,13H,7-8,10,15H2,1-3H3. The van der Waals surface area contributed by atoms with E-state index in [1.54, 1.807) is 14.2 Å². The van der Waals surface area contributed by atoms with Crippen molar-refractivity contribution in [3.05, 3.63) is 29.8 Å². The molecule has 3 heteroatoms. The van der Waals surface area contributed by atoms with E-state index >= 15 is 0 Å². The quantitative estimate of drug-likeness (QED) is 0.791. The SMILES string of the molecule is COc1cccc(CC(CN)CC(C)OC)c1. The molecule has 0 aromatic heterocycles. The number of rotatable bonds is 7. The van der Waals surface area contributed by atoms with Gasteiger partial charge in [-0.05, 0) is 49.9 Å². The van der Waals surface area contributed by atoms with Crippen LogP contribution in [0, 0.1) is 5.92 Å². The Labute approximate surface area is 104 Å². The molecule has 1 aromatic carbocycles. The molecule has 0 aliphatic rings. The Morgan fingerprint density at radius 1 is 1.29 bits per heavy atom. The Balaban J connectivity index is 2.60. The van der Waals surface area contributed by atoms with Crippen molar-refractivity contribution >= 4 is 0 Å². The van der Waals surface area contributed by atoms with Crippen molar-refractivity contribution in [1.29, 1.82) is 0 Å². The van der Waals surface area contributed by atoms with Crippen molar-refractivity contribution in [3.8, 4) is 5.75 Å². The van der Waals surface area contributed by atoms with Crippen molar-refractivity contribution in [3.63, 3.8) is 0 Å². The van der Waals surface area contributed by atoms with Gasteiger partial charge in [0.05, 0.1) is 13.2 Å². The van der Waals surface area contributed by atoms with Crippen molar-refractivity contribution < 1.29 is 9.47 Å². The van der Waals surface area contributed by atoms with Crippen LogP contribution in [0.3, 0.4) is 0 Å². The Morgan fingerprint density at radius 3 is 2.65 bits per heavy atom. The van der Waals surface area contributed by atoms with Gasteiger partial charge in [0, 0.05) is 7.11 Å². The average molecular weight is 237 g/mol. The number of methoxy groups -OCH3 is 2. The van der Waals surface area contributed by atoms with E-state index in [1.807, 2.05) is 12.1 Å². The zero-order valence-electron chi connectivity index (χ0n) is 11.0. The van der Waals surface area contributed by atoms with Gasteiger partial charge in [0.15, 0.2) is 0 Å². The molecule has 3 nitrogen and oxygen atoms in total. The zero-order chi connectivity index (χ0) is 12.7. The summed E-state index contributed by atoms with van der Waals surface area (Å²) in [6.45, 7) is 2.76. The van der Waals surface area contributed by atoms with Gasteiger partial charge in [-0.1, -0.05) is 12.1 Å². The highest BCUT2D eigenvalue weighted by Crippen LogP contribution is 2.18. The summed E-state index contributed by atoms with van der Waals surface area (Å²) in [5.74, 6) is 1.36. The molecule has 96 valence electrons. The fourth-order valence-electron chi connectivity index (χ4n) is 1.96. The zero-order valence-corrected chi connectivity index (χ0v) is 11.0. The minimum absolute atomic E-state index is 0.258. The molecule has 2 N–H and O–H groups in total. The van der Waals surface area contributed by atoms with E-state index in [4.69, 9.17) is 15.2 Å². The molecule has 0 spiro atoms. The molecule has 1 rings (SSSR count). The monoisotopic (exact) mass is 237 g/mol. The van der Waals surface area contributed by atoms with Crippen LogP contribution in [0.2, 0.25) is 0 Å². The number of ether oxygens (including phenoxy) is 2. The average Bonchev–Trinajstić information content (AvgIpc) is 2.37. The van der Waals surface area contributed by atoms with Crippen LogP contribution >= 0.6 is 0 Å². The maximum Gasteiger partial charge on any atom is 0.119 e. The molecule has 0 saturated carbocycles. The molecule has 2 unspecified atom stereocenters. The van der Waals surface area contributed by atoms with Crippen molar-refractivity contribution in [2.75, 3.05) is 20.8 Å². The molecule has 1 aromatic rings. The normalized spacial score (nSPS) is 14.4. The van der Waals surface area contributed by atoms with E-state index in [0.717, 1.165) is 18.6 Å². The highest BCUT2D eigenvalue weighted by molar-refractivity contribution is 5.28. The van der Waals surface area contributed by atoms with Gasteiger partial charge >= 0.3 is 0 Å². The number of nitrogens with two attached hydrogens (primary N) is 1. The first kappa shape index (κ1) is 14.0. The molecule has 2 atom stereocenters. The Bertz CT molecular complexity index is 328. The Kier molecular flexibility index (Phi) is 6.01. The minimum Gasteiger partial charge on any atom is -0.497 e. The lowest BCUT2D eigenvalue weighted by Crippen LogP contribution is -2.22. The first-order valence-electron chi connectivity index (χ1n) is 6.05. The summed E-state index contributed by atoms with van der Waals surface area (Å²) in [7, 11) is 3.43. The molecule has 17 heavy (non-hydrogen) atoms. The van der Waals surface area contributed by atoms with Gasteiger partial charge in [-0.2, -0.15) is 0 Å². The predicted octanol–water partition coefficient (Wildman–Crippen LogP) is 2.24. The van der Waals surface area contributed by atoms with E-state index < -0.39 is 0 Å². The van der Waals surface area contributed by atoms with E-state index in [2.05, 4.69) is 19.1 Å². The molecule has 0 radical (unpaired) electrons.